The molecule has 0 aliphatic carbocycles. The molecule has 44 heavy (non-hydrogen) atoms. The van der Waals surface area contributed by atoms with E-state index in [1.807, 2.05) is 42.5 Å². The fourth-order valence-electron chi connectivity index (χ4n) is 4.64. The third-order valence-corrected chi connectivity index (χ3v) is 7.24. The topological polar surface area (TPSA) is 95.9 Å². The number of carbonyl (C=O) groups excluding carboxylic acids is 2. The number of benzene rings is 4. The van der Waals surface area contributed by atoms with Crippen LogP contribution in [0.2, 0.25) is 5.02 Å². The molecule has 5 aromatic rings. The molecule has 9 heteroatoms. The quantitative estimate of drug-likeness (QED) is 0.138. The molecule has 1 amide bonds. The number of halogens is 1. The van der Waals surface area contributed by atoms with Gasteiger partial charge in [-0.15, -0.1) is 0 Å². The third-order valence-electron chi connectivity index (χ3n) is 6.95. The Morgan fingerprint density at radius 2 is 1.45 bits per heavy atom. The van der Waals surface area contributed by atoms with Crippen LogP contribution in [0.3, 0.4) is 0 Å². The summed E-state index contributed by atoms with van der Waals surface area (Å²) < 4.78 is 17.7. The normalized spacial score (nSPS) is 10.6. The summed E-state index contributed by atoms with van der Waals surface area (Å²) >= 11 is 6.43. The number of ether oxygens (including phenoxy) is 3. The zero-order valence-corrected chi connectivity index (χ0v) is 25.1. The molecule has 0 aliphatic heterocycles. The highest BCUT2D eigenvalue weighted by Crippen LogP contribution is 2.35. The fraction of sp³-hybridized carbons (Fsp3) is 0.114. The van der Waals surface area contributed by atoms with E-state index in [1.165, 1.54) is 18.8 Å². The smallest absolute Gasteiger partial charge is 0.311 e. The van der Waals surface area contributed by atoms with Crippen LogP contribution in [0.25, 0.3) is 27.9 Å². The third kappa shape index (κ3) is 6.35. The van der Waals surface area contributed by atoms with Gasteiger partial charge in [0, 0.05) is 23.7 Å². The largest absolute Gasteiger partial charge is 0.493 e. The first kappa shape index (κ1) is 30.1. The van der Waals surface area contributed by atoms with Gasteiger partial charge in [-0.2, -0.15) is 0 Å². The zero-order valence-electron chi connectivity index (χ0n) is 24.3. The van der Waals surface area contributed by atoms with Crippen LogP contribution >= 0.6 is 11.6 Å². The van der Waals surface area contributed by atoms with E-state index in [9.17, 15) is 14.4 Å². The highest BCUT2D eigenvalue weighted by atomic mass is 35.5. The van der Waals surface area contributed by atoms with Gasteiger partial charge in [0.05, 0.1) is 24.9 Å². The lowest BCUT2D eigenvalue weighted by molar-refractivity contribution is -0.134. The molecule has 0 saturated carbocycles. The Bertz CT molecular complexity index is 1880. The SMILES string of the molecule is CCC(=O)Oc1c(Cl)cccc1-n1cc(-c2ccc(OC)c(OC)c2)cc(NC(=O)c2ccc(-c3ccccc3)cc2)c1=O. The Morgan fingerprint density at radius 1 is 0.773 bits per heavy atom. The minimum atomic E-state index is -0.556. The number of rotatable bonds is 9. The first-order valence-electron chi connectivity index (χ1n) is 13.8. The number of methoxy groups -OCH3 is 2. The van der Waals surface area contributed by atoms with Crippen molar-refractivity contribution in [2.75, 3.05) is 19.5 Å². The molecule has 0 aliphatic rings. The summed E-state index contributed by atoms with van der Waals surface area (Å²) in [6.45, 7) is 1.66. The van der Waals surface area contributed by atoms with Gasteiger partial charge in [0.2, 0.25) is 0 Å². The Balaban J connectivity index is 1.61. The number of nitrogens with one attached hydrogen (secondary N) is 1. The maximum atomic E-state index is 13.9. The molecule has 1 aromatic heterocycles. The number of pyridine rings is 1. The van der Waals surface area contributed by atoms with Crippen LogP contribution in [-0.2, 0) is 4.79 Å². The van der Waals surface area contributed by atoms with E-state index in [0.717, 1.165) is 11.1 Å². The van der Waals surface area contributed by atoms with E-state index in [-0.39, 0.29) is 28.6 Å². The second-order valence-corrected chi connectivity index (χ2v) is 10.1. The van der Waals surface area contributed by atoms with Crippen molar-refractivity contribution in [1.82, 2.24) is 4.57 Å². The lowest BCUT2D eigenvalue weighted by Gasteiger charge is -2.17. The van der Waals surface area contributed by atoms with Gasteiger partial charge in [-0.05, 0) is 59.2 Å². The molecule has 0 unspecified atom stereocenters. The van der Waals surface area contributed by atoms with Gasteiger partial charge in [0.25, 0.3) is 11.5 Å². The van der Waals surface area contributed by atoms with E-state index in [0.29, 0.717) is 28.2 Å². The molecule has 222 valence electrons. The van der Waals surface area contributed by atoms with E-state index in [1.54, 1.807) is 67.7 Å². The molecule has 0 atom stereocenters. The molecule has 0 bridgehead atoms. The summed E-state index contributed by atoms with van der Waals surface area (Å²) in [5.74, 6) is 0.0477. The standard InChI is InChI=1S/C35H29ClN2O6/c1-4-32(39)44-33-27(36)11-8-12-29(33)38-21-26(25-17-18-30(42-2)31(20-25)43-3)19-28(35(38)41)37-34(40)24-15-13-23(14-16-24)22-9-6-5-7-10-22/h5-21H,4H2,1-3H3,(H,37,40). The molecule has 0 spiro atoms. The predicted molar refractivity (Wildman–Crippen MR) is 171 cm³/mol. The van der Waals surface area contributed by atoms with E-state index < -0.39 is 17.4 Å². The minimum Gasteiger partial charge on any atom is -0.493 e. The van der Waals surface area contributed by atoms with Crippen molar-refractivity contribution in [2.24, 2.45) is 0 Å². The number of anilines is 1. The average Bonchev–Trinajstić information content (AvgIpc) is 3.06. The van der Waals surface area contributed by atoms with Crippen molar-refractivity contribution in [3.05, 3.63) is 124 Å². The van der Waals surface area contributed by atoms with Crippen LogP contribution in [0.15, 0.2) is 108 Å². The summed E-state index contributed by atoms with van der Waals surface area (Å²) in [7, 11) is 3.06. The summed E-state index contributed by atoms with van der Waals surface area (Å²) in [5, 5.41) is 2.92. The molecular formula is C35H29ClN2O6. The van der Waals surface area contributed by atoms with Crippen molar-refractivity contribution in [2.45, 2.75) is 13.3 Å². The summed E-state index contributed by atoms with van der Waals surface area (Å²) in [4.78, 5) is 39.6. The maximum absolute atomic E-state index is 13.9. The molecule has 1 N–H and O–H groups in total. The number of carbonyl (C=O) groups is 2. The number of amides is 1. The van der Waals surface area contributed by atoms with Crippen molar-refractivity contribution < 1.29 is 23.8 Å². The van der Waals surface area contributed by atoms with Crippen LogP contribution in [0.1, 0.15) is 23.7 Å². The van der Waals surface area contributed by atoms with Crippen LogP contribution in [0, 0.1) is 0 Å². The van der Waals surface area contributed by atoms with Crippen molar-refractivity contribution in [3.63, 3.8) is 0 Å². The number of nitrogens with zero attached hydrogens (tertiary/aromatic N) is 1. The van der Waals surface area contributed by atoms with E-state index in [4.69, 9.17) is 25.8 Å². The summed E-state index contributed by atoms with van der Waals surface area (Å²) in [6, 6.07) is 28.6. The van der Waals surface area contributed by atoms with Crippen molar-refractivity contribution in [3.8, 4) is 45.2 Å². The van der Waals surface area contributed by atoms with E-state index in [2.05, 4.69) is 5.32 Å². The molecule has 0 radical (unpaired) electrons. The van der Waals surface area contributed by atoms with Crippen molar-refractivity contribution >= 4 is 29.2 Å². The molecule has 0 fully saturated rings. The van der Waals surface area contributed by atoms with Crippen LogP contribution in [0.4, 0.5) is 5.69 Å². The number of hydrogen-bond donors (Lipinski definition) is 1. The van der Waals surface area contributed by atoms with Gasteiger partial charge in [0.1, 0.15) is 5.69 Å². The van der Waals surface area contributed by atoms with Gasteiger partial charge >= 0.3 is 5.97 Å². The summed E-state index contributed by atoms with van der Waals surface area (Å²) in [6.07, 6.45) is 1.69. The number of para-hydroxylation sites is 1. The Morgan fingerprint density at radius 3 is 2.14 bits per heavy atom. The second-order valence-electron chi connectivity index (χ2n) is 9.70. The van der Waals surface area contributed by atoms with Gasteiger partial charge in [-0.25, -0.2) is 0 Å². The van der Waals surface area contributed by atoms with Crippen molar-refractivity contribution in [1.29, 1.82) is 0 Å². The maximum Gasteiger partial charge on any atom is 0.311 e. The molecule has 0 saturated heterocycles. The molecule has 4 aromatic carbocycles. The second kappa shape index (κ2) is 13.3. The Hall–Kier alpha value is -5.34. The number of hydrogen-bond acceptors (Lipinski definition) is 6. The van der Waals surface area contributed by atoms with Gasteiger partial charge < -0.3 is 19.5 Å². The Labute approximate surface area is 259 Å². The first-order chi connectivity index (χ1) is 21.3. The summed E-state index contributed by atoms with van der Waals surface area (Å²) in [5.41, 5.74) is 3.26. The lowest BCUT2D eigenvalue weighted by atomic mass is 10.0. The molecular weight excluding hydrogens is 580 g/mol. The van der Waals surface area contributed by atoms with Crippen LogP contribution < -0.4 is 25.1 Å². The van der Waals surface area contributed by atoms with Gasteiger partial charge in [-0.1, -0.05) is 73.1 Å². The Kier molecular flexibility index (Phi) is 9.12. The predicted octanol–water partition coefficient (Wildman–Crippen LogP) is 7.41. The molecule has 1 heterocycles. The van der Waals surface area contributed by atoms with Crippen LogP contribution in [0.5, 0.6) is 17.2 Å². The lowest BCUT2D eigenvalue weighted by Crippen LogP contribution is -2.25. The van der Waals surface area contributed by atoms with Gasteiger partial charge in [0.15, 0.2) is 17.2 Å². The number of aromatic nitrogens is 1. The van der Waals surface area contributed by atoms with Crippen LogP contribution in [-0.4, -0.2) is 30.7 Å². The highest BCUT2D eigenvalue weighted by Gasteiger charge is 2.19. The van der Waals surface area contributed by atoms with Gasteiger partial charge in [-0.3, -0.25) is 19.0 Å². The average molecular weight is 609 g/mol. The monoisotopic (exact) mass is 608 g/mol. The molecule has 5 rings (SSSR count). The molecule has 8 nitrogen and oxygen atoms in total. The fourth-order valence-corrected chi connectivity index (χ4v) is 4.85. The highest BCUT2D eigenvalue weighted by molar-refractivity contribution is 6.32. The first-order valence-corrected chi connectivity index (χ1v) is 14.2. The minimum absolute atomic E-state index is 0.00200. The zero-order chi connectivity index (χ0) is 31.2. The van der Waals surface area contributed by atoms with E-state index >= 15 is 0 Å². The number of esters is 1.